The van der Waals surface area contributed by atoms with Crippen molar-refractivity contribution in [3.63, 3.8) is 0 Å². The summed E-state index contributed by atoms with van der Waals surface area (Å²) in [7, 11) is 1.55. The van der Waals surface area contributed by atoms with Crippen LogP contribution in [-0.2, 0) is 11.8 Å². The summed E-state index contributed by atoms with van der Waals surface area (Å²) in [5.41, 5.74) is -0.595. The number of aromatic nitrogens is 5. The number of hydrogen-bond donors (Lipinski definition) is 0. The minimum Gasteiger partial charge on any atom is -0.444 e. The predicted octanol–water partition coefficient (Wildman–Crippen LogP) is 1.28. The highest BCUT2D eigenvalue weighted by molar-refractivity contribution is 5.70. The van der Waals surface area contributed by atoms with Crippen molar-refractivity contribution < 1.29 is 18.7 Å². The highest BCUT2D eigenvalue weighted by Crippen LogP contribution is 2.21. The van der Waals surface area contributed by atoms with Gasteiger partial charge in [-0.15, -0.1) is 5.10 Å². The van der Waals surface area contributed by atoms with Crippen LogP contribution in [0.25, 0.3) is 11.5 Å². The fraction of sp³-hybridized carbons (Fsp3) is 0.529. The molecule has 1 fully saturated rings. The van der Waals surface area contributed by atoms with Gasteiger partial charge in [0.25, 0.3) is 0 Å². The van der Waals surface area contributed by atoms with Crippen LogP contribution in [0.15, 0.2) is 6.20 Å². The number of aldehydes is 1. The predicted molar refractivity (Wildman–Crippen MR) is 97.4 cm³/mol. The van der Waals surface area contributed by atoms with Gasteiger partial charge in [0.15, 0.2) is 17.9 Å². The Labute approximate surface area is 161 Å². The van der Waals surface area contributed by atoms with Gasteiger partial charge in [0.1, 0.15) is 11.3 Å². The zero-order valence-electron chi connectivity index (χ0n) is 16.2. The Balaban J connectivity index is 1.74. The molecule has 2 aromatic rings. The second-order valence-electron chi connectivity index (χ2n) is 7.36. The summed E-state index contributed by atoms with van der Waals surface area (Å²) in [6, 6.07) is 0. The number of piperazine rings is 1. The molecule has 0 N–H and O–H groups in total. The molecule has 1 aliphatic rings. The molecule has 0 saturated carbocycles. The Hall–Kier alpha value is -3.11. The van der Waals surface area contributed by atoms with Crippen LogP contribution >= 0.6 is 0 Å². The summed E-state index contributed by atoms with van der Waals surface area (Å²) in [5.74, 6) is -0.265. The molecule has 1 aliphatic heterocycles. The molecule has 0 aromatic carbocycles. The quantitative estimate of drug-likeness (QED) is 0.721. The van der Waals surface area contributed by atoms with Crippen molar-refractivity contribution in [3.05, 3.63) is 17.8 Å². The minimum atomic E-state index is -0.663. The highest BCUT2D eigenvalue weighted by Gasteiger charge is 2.27. The van der Waals surface area contributed by atoms with Gasteiger partial charge in [0, 0.05) is 33.2 Å². The van der Waals surface area contributed by atoms with Crippen LogP contribution in [0.1, 0.15) is 31.4 Å². The normalized spacial score (nSPS) is 14.9. The zero-order chi connectivity index (χ0) is 20.5. The Morgan fingerprint density at radius 2 is 1.89 bits per heavy atom. The number of nitrogens with zero attached hydrogens (tertiary/aromatic N) is 7. The fourth-order valence-electron chi connectivity index (χ4n) is 2.74. The number of aryl methyl sites for hydroxylation is 1. The molecule has 2 aromatic heterocycles. The number of hydrogen-bond acceptors (Lipinski definition) is 8. The average molecular weight is 391 g/mol. The number of carbonyl (C=O) groups excluding carboxylic acids is 2. The highest BCUT2D eigenvalue weighted by atomic mass is 19.1. The van der Waals surface area contributed by atoms with Crippen LogP contribution in [0.2, 0.25) is 0 Å². The van der Waals surface area contributed by atoms with Crippen LogP contribution in [-0.4, -0.2) is 73.8 Å². The lowest BCUT2D eigenvalue weighted by Gasteiger charge is -2.35. The van der Waals surface area contributed by atoms with Gasteiger partial charge in [-0.1, -0.05) is 0 Å². The van der Waals surface area contributed by atoms with E-state index in [-0.39, 0.29) is 23.4 Å². The van der Waals surface area contributed by atoms with E-state index in [1.54, 1.807) is 11.9 Å². The van der Waals surface area contributed by atoms with Crippen LogP contribution in [0.5, 0.6) is 0 Å². The number of carbonyl (C=O) groups is 2. The molecule has 0 bridgehead atoms. The molecule has 3 rings (SSSR count). The molecule has 0 aliphatic carbocycles. The van der Waals surface area contributed by atoms with Gasteiger partial charge in [-0.25, -0.2) is 28.8 Å². The second-order valence-corrected chi connectivity index (χ2v) is 7.36. The van der Waals surface area contributed by atoms with Crippen molar-refractivity contribution in [1.82, 2.24) is 29.6 Å². The number of ether oxygens (including phenoxy) is 1. The first-order chi connectivity index (χ1) is 13.2. The monoisotopic (exact) mass is 391 g/mol. The van der Waals surface area contributed by atoms with E-state index < -0.39 is 11.4 Å². The summed E-state index contributed by atoms with van der Waals surface area (Å²) in [5, 5.41) is 3.89. The first-order valence-electron chi connectivity index (χ1n) is 8.80. The topological polar surface area (TPSA) is 106 Å². The van der Waals surface area contributed by atoms with Gasteiger partial charge in [0.2, 0.25) is 11.8 Å². The third kappa shape index (κ3) is 4.24. The summed E-state index contributed by atoms with van der Waals surface area (Å²) in [6.07, 6.45) is 1.18. The maximum Gasteiger partial charge on any atom is 0.410 e. The van der Waals surface area contributed by atoms with Crippen LogP contribution in [0, 0.1) is 5.82 Å². The molecule has 10 nitrogen and oxygen atoms in total. The van der Waals surface area contributed by atoms with E-state index in [4.69, 9.17) is 4.74 Å². The molecule has 1 amide bonds. The zero-order valence-corrected chi connectivity index (χ0v) is 16.2. The van der Waals surface area contributed by atoms with E-state index >= 15 is 0 Å². The molecule has 0 atom stereocenters. The third-order valence-corrected chi connectivity index (χ3v) is 4.04. The number of anilines is 1. The number of halogens is 1. The Kier molecular flexibility index (Phi) is 5.25. The first kappa shape index (κ1) is 19.6. The Bertz CT molecular complexity index is 885. The van der Waals surface area contributed by atoms with Crippen LogP contribution in [0.3, 0.4) is 0 Å². The van der Waals surface area contributed by atoms with Gasteiger partial charge >= 0.3 is 6.09 Å². The maximum absolute atomic E-state index is 14.3. The first-order valence-corrected chi connectivity index (χ1v) is 8.80. The van der Waals surface area contributed by atoms with Gasteiger partial charge in [0.05, 0.1) is 6.20 Å². The van der Waals surface area contributed by atoms with Crippen molar-refractivity contribution >= 4 is 18.3 Å². The second kappa shape index (κ2) is 7.49. The molecule has 28 heavy (non-hydrogen) atoms. The lowest BCUT2D eigenvalue weighted by Crippen LogP contribution is -2.50. The average Bonchev–Trinajstić information content (AvgIpc) is 3.01. The van der Waals surface area contributed by atoms with Crippen molar-refractivity contribution in [3.8, 4) is 11.5 Å². The van der Waals surface area contributed by atoms with E-state index in [9.17, 15) is 14.0 Å². The largest absolute Gasteiger partial charge is 0.444 e. The summed E-state index contributed by atoms with van der Waals surface area (Å²) >= 11 is 0. The van der Waals surface area contributed by atoms with Gasteiger partial charge in [-0.05, 0) is 20.8 Å². The molecule has 0 spiro atoms. The maximum atomic E-state index is 14.3. The molecular weight excluding hydrogens is 369 g/mol. The van der Waals surface area contributed by atoms with E-state index in [0.717, 1.165) is 6.20 Å². The molecule has 1 saturated heterocycles. The lowest BCUT2D eigenvalue weighted by molar-refractivity contribution is 0.0240. The molecule has 3 heterocycles. The van der Waals surface area contributed by atoms with Gasteiger partial charge in [-0.2, -0.15) is 0 Å². The van der Waals surface area contributed by atoms with E-state index in [2.05, 4.69) is 20.1 Å². The van der Waals surface area contributed by atoms with Crippen LogP contribution < -0.4 is 4.90 Å². The van der Waals surface area contributed by atoms with E-state index in [0.29, 0.717) is 38.4 Å². The molecule has 0 unspecified atom stereocenters. The smallest absolute Gasteiger partial charge is 0.410 e. The summed E-state index contributed by atoms with van der Waals surface area (Å²) < 4.78 is 20.9. The van der Waals surface area contributed by atoms with E-state index in [1.807, 2.05) is 25.7 Å². The van der Waals surface area contributed by atoms with Crippen molar-refractivity contribution in [2.75, 3.05) is 31.1 Å². The van der Waals surface area contributed by atoms with Crippen LogP contribution in [0.4, 0.5) is 15.1 Å². The SMILES string of the molecule is Cn1nc(C=O)nc1-c1nc(N2CCN(C(=O)OC(C)(C)C)CC2)ncc1F. The number of rotatable bonds is 3. The summed E-state index contributed by atoms with van der Waals surface area (Å²) in [6.45, 7) is 7.27. The lowest BCUT2D eigenvalue weighted by atomic mass is 10.2. The third-order valence-electron chi connectivity index (χ3n) is 4.04. The Morgan fingerprint density at radius 1 is 1.21 bits per heavy atom. The van der Waals surface area contributed by atoms with Crippen molar-refractivity contribution in [2.24, 2.45) is 7.05 Å². The van der Waals surface area contributed by atoms with Crippen molar-refractivity contribution in [2.45, 2.75) is 26.4 Å². The Morgan fingerprint density at radius 3 is 2.46 bits per heavy atom. The van der Waals surface area contributed by atoms with Crippen molar-refractivity contribution in [1.29, 1.82) is 0 Å². The molecule has 150 valence electrons. The minimum absolute atomic E-state index is 0.0392. The fourth-order valence-corrected chi connectivity index (χ4v) is 2.74. The van der Waals surface area contributed by atoms with E-state index in [1.165, 1.54) is 4.68 Å². The number of amides is 1. The van der Waals surface area contributed by atoms with Gasteiger partial charge < -0.3 is 14.5 Å². The molecule has 0 radical (unpaired) electrons. The molecule has 11 heteroatoms. The standard InChI is InChI=1S/C17H22FN7O3/c1-17(2,3)28-16(27)25-7-5-24(6-8-25)15-19-9-11(18)13(21-15)14-20-12(10-26)22-23(14)4/h9-10H,5-8H2,1-4H3. The summed E-state index contributed by atoms with van der Waals surface area (Å²) in [4.78, 5) is 38.8. The van der Waals surface area contributed by atoms with Gasteiger partial charge in [-0.3, -0.25) is 4.79 Å². The molecular formula is C17H22FN7O3.